The number of benzene rings is 3. The Kier molecular flexibility index (Phi) is 6.83. The van der Waals surface area contributed by atoms with E-state index in [1.807, 2.05) is 6.07 Å². The number of carbonyl (C=O) groups is 2. The number of hydrogen-bond donors (Lipinski definition) is 2. The maximum Gasteiger partial charge on any atom is 0.416 e. The summed E-state index contributed by atoms with van der Waals surface area (Å²) >= 11 is 0. The lowest BCUT2D eigenvalue weighted by molar-refractivity contribution is -0.137. The first-order valence-electron chi connectivity index (χ1n) is 11.9. The van der Waals surface area contributed by atoms with Crippen molar-refractivity contribution in [3.63, 3.8) is 0 Å². The first-order valence-corrected chi connectivity index (χ1v) is 11.9. The van der Waals surface area contributed by atoms with E-state index < -0.39 is 17.6 Å². The summed E-state index contributed by atoms with van der Waals surface area (Å²) in [6, 6.07) is 22.3. The third kappa shape index (κ3) is 5.51. The van der Waals surface area contributed by atoms with Crippen LogP contribution in [0.15, 0.2) is 91.1 Å². The lowest BCUT2D eigenvalue weighted by Crippen LogP contribution is -2.39. The quantitative estimate of drug-likeness (QED) is 0.321. The zero-order chi connectivity index (χ0) is 26.7. The fraction of sp³-hybridized carbons (Fsp3) is 0.138. The van der Waals surface area contributed by atoms with E-state index in [0.717, 1.165) is 23.3 Å². The predicted octanol–water partition coefficient (Wildman–Crippen LogP) is 6.61. The summed E-state index contributed by atoms with van der Waals surface area (Å²) in [5, 5.41) is 5.53. The number of pyridine rings is 1. The van der Waals surface area contributed by atoms with Gasteiger partial charge in [0.1, 0.15) is 5.82 Å². The molecular formula is C29H23F3N4O2. The van der Waals surface area contributed by atoms with E-state index in [4.69, 9.17) is 0 Å². The van der Waals surface area contributed by atoms with Crippen molar-refractivity contribution >= 4 is 23.4 Å². The molecule has 1 aliphatic heterocycles. The highest BCUT2D eigenvalue weighted by Gasteiger charge is 2.32. The van der Waals surface area contributed by atoms with Crippen LogP contribution in [0, 0.1) is 0 Å². The molecule has 3 aromatic carbocycles. The van der Waals surface area contributed by atoms with Gasteiger partial charge in [0.15, 0.2) is 0 Å². The molecule has 192 valence electrons. The molecule has 6 nitrogen and oxygen atoms in total. The van der Waals surface area contributed by atoms with E-state index >= 15 is 0 Å². The number of fused-ring (bicyclic) bond motifs is 1. The number of nitrogens with zero attached hydrogens (tertiary/aromatic N) is 2. The van der Waals surface area contributed by atoms with Crippen LogP contribution in [-0.4, -0.2) is 28.4 Å². The average molecular weight is 517 g/mol. The zero-order valence-electron chi connectivity index (χ0n) is 20.1. The fourth-order valence-electron chi connectivity index (χ4n) is 4.41. The molecule has 0 saturated carbocycles. The molecule has 9 heteroatoms. The van der Waals surface area contributed by atoms with Gasteiger partial charge in [0, 0.05) is 30.5 Å². The van der Waals surface area contributed by atoms with Crippen LogP contribution in [0.4, 0.5) is 29.5 Å². The summed E-state index contributed by atoms with van der Waals surface area (Å²) in [6.07, 6.45) is -2.42. The van der Waals surface area contributed by atoms with E-state index in [1.54, 1.807) is 71.8 Å². The van der Waals surface area contributed by atoms with E-state index in [1.165, 1.54) is 6.07 Å². The van der Waals surface area contributed by atoms with Crippen LogP contribution in [-0.2, 0) is 19.1 Å². The first kappa shape index (κ1) is 25.0. The zero-order valence-corrected chi connectivity index (χ0v) is 20.1. The molecule has 4 aromatic rings. The number of rotatable bonds is 4. The maximum absolute atomic E-state index is 13.4. The number of alkyl halides is 3. The van der Waals surface area contributed by atoms with Crippen molar-refractivity contribution in [2.45, 2.75) is 19.1 Å². The molecule has 2 N–H and O–H groups in total. The Balaban J connectivity index is 1.34. The van der Waals surface area contributed by atoms with Crippen molar-refractivity contribution in [3.05, 3.63) is 113 Å². The minimum Gasteiger partial charge on any atom is -0.322 e. The summed E-state index contributed by atoms with van der Waals surface area (Å²) in [5.74, 6) is -0.173. The molecule has 5 rings (SSSR count). The lowest BCUT2D eigenvalue weighted by Gasteiger charge is -2.29. The summed E-state index contributed by atoms with van der Waals surface area (Å²) in [6.45, 7) is 0.850. The first-order chi connectivity index (χ1) is 18.3. The Hall–Kier alpha value is -4.66. The van der Waals surface area contributed by atoms with Gasteiger partial charge in [-0.15, -0.1) is 0 Å². The molecule has 0 bridgehead atoms. The molecule has 38 heavy (non-hydrogen) atoms. The Morgan fingerprint density at radius 2 is 1.63 bits per heavy atom. The van der Waals surface area contributed by atoms with Crippen LogP contribution in [0.2, 0.25) is 0 Å². The van der Waals surface area contributed by atoms with Gasteiger partial charge >= 0.3 is 12.2 Å². The van der Waals surface area contributed by atoms with E-state index in [2.05, 4.69) is 15.6 Å². The van der Waals surface area contributed by atoms with Gasteiger partial charge in [-0.3, -0.25) is 10.1 Å². The van der Waals surface area contributed by atoms with Gasteiger partial charge in [0.2, 0.25) is 0 Å². The standard InChI is InChI=1S/C29H23F3N4O2/c30-29(31,32)22-10-12-24(19-6-2-1-3-7-19)25(17-22)27(37)34-23-11-9-21-18-36(15-13-20(21)16-23)28(38)35-26-8-4-5-14-33-26/h1-12,14,16-17H,13,15,18H2,(H,34,37)(H,33,35,38). The summed E-state index contributed by atoms with van der Waals surface area (Å²) in [4.78, 5) is 31.6. The Morgan fingerprint density at radius 3 is 2.37 bits per heavy atom. The van der Waals surface area contributed by atoms with Gasteiger partial charge in [-0.25, -0.2) is 9.78 Å². The summed E-state index contributed by atoms with van der Waals surface area (Å²) in [5.41, 5.74) is 2.44. The molecule has 0 aliphatic carbocycles. The molecule has 0 saturated heterocycles. The smallest absolute Gasteiger partial charge is 0.322 e. The average Bonchev–Trinajstić information content (AvgIpc) is 2.93. The van der Waals surface area contributed by atoms with Gasteiger partial charge in [-0.1, -0.05) is 48.5 Å². The summed E-state index contributed by atoms with van der Waals surface area (Å²) in [7, 11) is 0. The minimum absolute atomic E-state index is 0.0684. The molecule has 0 fully saturated rings. The van der Waals surface area contributed by atoms with Crippen LogP contribution in [0.1, 0.15) is 27.0 Å². The SMILES string of the molecule is O=C(Nc1ccc2c(c1)CCN(C(=O)Nc1ccccn1)C2)c1cc(C(F)(F)F)ccc1-c1ccccc1. The topological polar surface area (TPSA) is 74.3 Å². The normalized spacial score (nSPS) is 13.0. The predicted molar refractivity (Wildman–Crippen MR) is 139 cm³/mol. The number of hydrogen-bond acceptors (Lipinski definition) is 3. The lowest BCUT2D eigenvalue weighted by atomic mass is 9.96. The van der Waals surface area contributed by atoms with Crippen molar-refractivity contribution in [2.75, 3.05) is 17.2 Å². The fourth-order valence-corrected chi connectivity index (χ4v) is 4.41. The number of aromatic nitrogens is 1. The Labute approximate surface area is 217 Å². The second-order valence-corrected chi connectivity index (χ2v) is 8.88. The maximum atomic E-state index is 13.4. The highest BCUT2D eigenvalue weighted by molar-refractivity contribution is 6.09. The number of urea groups is 1. The van der Waals surface area contributed by atoms with Gasteiger partial charge < -0.3 is 10.2 Å². The van der Waals surface area contributed by atoms with E-state index in [9.17, 15) is 22.8 Å². The molecule has 2 heterocycles. The number of nitrogens with one attached hydrogen (secondary N) is 2. The highest BCUT2D eigenvalue weighted by Crippen LogP contribution is 2.34. The minimum atomic E-state index is -4.58. The third-order valence-corrected chi connectivity index (χ3v) is 6.34. The van der Waals surface area contributed by atoms with Crippen molar-refractivity contribution < 1.29 is 22.8 Å². The van der Waals surface area contributed by atoms with Crippen LogP contribution >= 0.6 is 0 Å². The van der Waals surface area contributed by atoms with Crippen molar-refractivity contribution in [3.8, 4) is 11.1 Å². The van der Waals surface area contributed by atoms with E-state index in [0.29, 0.717) is 42.1 Å². The highest BCUT2D eigenvalue weighted by atomic mass is 19.4. The molecule has 3 amide bonds. The number of halogens is 3. The van der Waals surface area contributed by atoms with Crippen LogP contribution < -0.4 is 10.6 Å². The van der Waals surface area contributed by atoms with Crippen molar-refractivity contribution in [2.24, 2.45) is 0 Å². The molecule has 1 aliphatic rings. The summed E-state index contributed by atoms with van der Waals surface area (Å²) < 4.78 is 40.3. The van der Waals surface area contributed by atoms with Crippen LogP contribution in [0.3, 0.4) is 0 Å². The number of carbonyl (C=O) groups excluding carboxylic acids is 2. The molecule has 0 spiro atoms. The molecule has 0 unspecified atom stereocenters. The van der Waals surface area contributed by atoms with Gasteiger partial charge in [-0.05, 0) is 65.1 Å². The van der Waals surface area contributed by atoms with Gasteiger partial charge in [0.05, 0.1) is 5.56 Å². The second kappa shape index (κ2) is 10.4. The van der Waals surface area contributed by atoms with Crippen molar-refractivity contribution in [1.82, 2.24) is 9.88 Å². The molecular weight excluding hydrogens is 493 g/mol. The largest absolute Gasteiger partial charge is 0.416 e. The molecule has 0 atom stereocenters. The number of anilines is 2. The second-order valence-electron chi connectivity index (χ2n) is 8.88. The molecule has 0 radical (unpaired) electrons. The molecule has 1 aromatic heterocycles. The van der Waals surface area contributed by atoms with Crippen LogP contribution in [0.5, 0.6) is 0 Å². The van der Waals surface area contributed by atoms with Crippen molar-refractivity contribution in [1.29, 1.82) is 0 Å². The third-order valence-electron chi connectivity index (χ3n) is 6.34. The van der Waals surface area contributed by atoms with Gasteiger partial charge in [0.25, 0.3) is 5.91 Å². The monoisotopic (exact) mass is 516 g/mol. The Morgan fingerprint density at radius 1 is 0.842 bits per heavy atom. The van der Waals surface area contributed by atoms with Crippen LogP contribution in [0.25, 0.3) is 11.1 Å². The number of amides is 3. The Bertz CT molecular complexity index is 1470. The van der Waals surface area contributed by atoms with E-state index in [-0.39, 0.29) is 11.6 Å². The van der Waals surface area contributed by atoms with Gasteiger partial charge in [-0.2, -0.15) is 13.2 Å².